The van der Waals surface area contributed by atoms with Gasteiger partial charge in [-0.1, -0.05) is 58.3 Å². The Hall–Kier alpha value is -1.01. The Labute approximate surface area is 321 Å². The third-order valence-corrected chi connectivity index (χ3v) is 8.19. The molecule has 1 heterocycles. The molecule has 14 nitrogen and oxygen atoms in total. The van der Waals surface area contributed by atoms with Crippen molar-refractivity contribution < 1.29 is 61.6 Å². The summed E-state index contributed by atoms with van der Waals surface area (Å²) in [6, 6.07) is 0. The lowest BCUT2D eigenvalue weighted by Crippen LogP contribution is -2.33. The zero-order valence-corrected chi connectivity index (χ0v) is 33.3. The number of carbonyl (C=O) groups is 1. The molecule has 0 atom stereocenters. The molecule has 316 valence electrons. The molecule has 0 unspecified atom stereocenters. The second kappa shape index (κ2) is 43.7. The first-order valence-corrected chi connectivity index (χ1v) is 20.6. The minimum absolute atomic E-state index is 0.136. The van der Waals surface area contributed by atoms with Crippen LogP contribution in [0.3, 0.4) is 0 Å². The predicted octanol–water partition coefficient (Wildman–Crippen LogP) is 4.39. The summed E-state index contributed by atoms with van der Waals surface area (Å²) in [7, 11) is 0. The van der Waals surface area contributed by atoms with Gasteiger partial charge in [-0.15, -0.1) is 0 Å². The van der Waals surface area contributed by atoms with E-state index in [1.165, 1.54) is 44.9 Å². The van der Waals surface area contributed by atoms with Crippen molar-refractivity contribution in [3.63, 3.8) is 0 Å². The SMILES string of the molecule is CCCCCCCCCCCC(=O)OCCOCCOCCOCCOCCOCCOCCOCCOCCOCCOCCOC1CCNCC1. The lowest BCUT2D eigenvalue weighted by atomic mass is 10.1. The number of hydrogen-bond donors (Lipinski definition) is 1. The minimum Gasteiger partial charge on any atom is -0.463 e. The first kappa shape index (κ1) is 50.0. The number of piperidine rings is 1. The fourth-order valence-corrected chi connectivity index (χ4v) is 5.18. The molecule has 0 aromatic rings. The van der Waals surface area contributed by atoms with E-state index >= 15 is 0 Å². The minimum atomic E-state index is -0.136. The Morgan fingerprint density at radius 1 is 0.415 bits per heavy atom. The smallest absolute Gasteiger partial charge is 0.305 e. The monoisotopic (exact) mass is 768 g/mol. The fraction of sp³-hybridized carbons (Fsp3) is 0.974. The summed E-state index contributed by atoms with van der Waals surface area (Å²) in [4.78, 5) is 11.8. The topological polar surface area (TPSA) is 140 Å². The van der Waals surface area contributed by atoms with Crippen molar-refractivity contribution in [3.8, 4) is 0 Å². The highest BCUT2D eigenvalue weighted by atomic mass is 16.6. The van der Waals surface area contributed by atoms with Crippen LogP contribution in [-0.2, 0) is 61.6 Å². The van der Waals surface area contributed by atoms with E-state index in [1.807, 2.05) is 0 Å². The first-order valence-electron chi connectivity index (χ1n) is 20.6. The number of unbranched alkanes of at least 4 members (excludes halogenated alkanes) is 8. The van der Waals surface area contributed by atoms with E-state index in [4.69, 9.17) is 56.8 Å². The first-order chi connectivity index (χ1) is 26.3. The molecule has 53 heavy (non-hydrogen) atoms. The highest BCUT2D eigenvalue weighted by Gasteiger charge is 2.12. The van der Waals surface area contributed by atoms with Gasteiger partial charge in [-0.2, -0.15) is 0 Å². The number of rotatable bonds is 44. The van der Waals surface area contributed by atoms with Crippen LogP contribution in [-0.4, -0.2) is 171 Å². The van der Waals surface area contributed by atoms with Gasteiger partial charge in [-0.05, 0) is 32.4 Å². The van der Waals surface area contributed by atoms with Gasteiger partial charge in [0.1, 0.15) is 6.61 Å². The number of nitrogens with one attached hydrogen (secondary N) is 1. The van der Waals surface area contributed by atoms with E-state index in [0.29, 0.717) is 151 Å². The van der Waals surface area contributed by atoms with Crippen LogP contribution in [0.25, 0.3) is 0 Å². The Kier molecular flexibility index (Phi) is 41.2. The van der Waals surface area contributed by atoms with E-state index in [0.717, 1.165) is 38.8 Å². The zero-order valence-electron chi connectivity index (χ0n) is 33.3. The third kappa shape index (κ3) is 40.5. The predicted molar refractivity (Wildman–Crippen MR) is 203 cm³/mol. The molecule has 0 spiro atoms. The molecule has 0 aromatic heterocycles. The van der Waals surface area contributed by atoms with Crippen molar-refractivity contribution in [2.75, 3.05) is 158 Å². The molecule has 0 aromatic carbocycles. The van der Waals surface area contributed by atoms with Crippen LogP contribution in [0.15, 0.2) is 0 Å². The lowest BCUT2D eigenvalue weighted by Gasteiger charge is -2.22. The third-order valence-electron chi connectivity index (χ3n) is 8.19. The van der Waals surface area contributed by atoms with Crippen LogP contribution in [0.2, 0.25) is 0 Å². The Bertz CT molecular complexity index is 719. The summed E-state index contributed by atoms with van der Waals surface area (Å²) >= 11 is 0. The molecule has 0 saturated carbocycles. The maximum atomic E-state index is 11.8. The number of hydrogen-bond acceptors (Lipinski definition) is 14. The molecule has 0 radical (unpaired) electrons. The van der Waals surface area contributed by atoms with Gasteiger partial charge in [0.15, 0.2) is 0 Å². The summed E-state index contributed by atoms with van der Waals surface area (Å²) in [6.45, 7) is 15.4. The maximum absolute atomic E-state index is 11.8. The number of esters is 1. The molecule has 0 aliphatic carbocycles. The second-order valence-corrected chi connectivity index (χ2v) is 12.7. The van der Waals surface area contributed by atoms with Crippen LogP contribution < -0.4 is 5.32 Å². The molecular weight excluding hydrogens is 690 g/mol. The molecule has 0 bridgehead atoms. The van der Waals surface area contributed by atoms with Crippen molar-refractivity contribution >= 4 is 5.97 Å². The van der Waals surface area contributed by atoms with Gasteiger partial charge >= 0.3 is 5.97 Å². The van der Waals surface area contributed by atoms with Crippen LogP contribution in [0.4, 0.5) is 0 Å². The van der Waals surface area contributed by atoms with Crippen molar-refractivity contribution in [2.24, 2.45) is 0 Å². The maximum Gasteiger partial charge on any atom is 0.305 e. The van der Waals surface area contributed by atoms with Crippen LogP contribution >= 0.6 is 0 Å². The van der Waals surface area contributed by atoms with Gasteiger partial charge in [-0.3, -0.25) is 4.79 Å². The summed E-state index contributed by atoms with van der Waals surface area (Å²) in [6.07, 6.45) is 14.1. The zero-order chi connectivity index (χ0) is 37.8. The summed E-state index contributed by atoms with van der Waals surface area (Å²) in [5, 5.41) is 3.33. The Morgan fingerprint density at radius 2 is 0.717 bits per heavy atom. The Balaban J connectivity index is 1.62. The van der Waals surface area contributed by atoms with E-state index in [1.54, 1.807) is 0 Å². The molecule has 1 fully saturated rings. The van der Waals surface area contributed by atoms with Crippen LogP contribution in [0.1, 0.15) is 84.0 Å². The summed E-state index contributed by atoms with van der Waals surface area (Å²) in [5.41, 5.74) is 0. The van der Waals surface area contributed by atoms with E-state index in [9.17, 15) is 4.79 Å². The summed E-state index contributed by atoms with van der Waals surface area (Å²) in [5.74, 6) is -0.136. The molecule has 0 amide bonds. The van der Waals surface area contributed by atoms with Gasteiger partial charge < -0.3 is 62.2 Å². The Morgan fingerprint density at radius 3 is 1.08 bits per heavy atom. The number of ether oxygens (including phenoxy) is 12. The molecule has 1 aliphatic heterocycles. The summed E-state index contributed by atoms with van der Waals surface area (Å²) < 4.78 is 66.0. The van der Waals surface area contributed by atoms with Crippen molar-refractivity contribution in [3.05, 3.63) is 0 Å². The second-order valence-electron chi connectivity index (χ2n) is 12.7. The average Bonchev–Trinajstić information content (AvgIpc) is 3.17. The normalized spacial score (nSPS) is 13.6. The van der Waals surface area contributed by atoms with E-state index in [2.05, 4.69) is 12.2 Å². The van der Waals surface area contributed by atoms with E-state index in [-0.39, 0.29) is 12.6 Å². The van der Waals surface area contributed by atoms with Crippen molar-refractivity contribution in [1.29, 1.82) is 0 Å². The van der Waals surface area contributed by atoms with Gasteiger partial charge in [0, 0.05) is 6.42 Å². The quantitative estimate of drug-likeness (QED) is 0.0693. The van der Waals surface area contributed by atoms with Crippen LogP contribution in [0, 0.1) is 0 Å². The average molecular weight is 768 g/mol. The van der Waals surface area contributed by atoms with Gasteiger partial charge in [-0.25, -0.2) is 0 Å². The van der Waals surface area contributed by atoms with Gasteiger partial charge in [0.25, 0.3) is 0 Å². The van der Waals surface area contributed by atoms with Gasteiger partial charge in [0.2, 0.25) is 0 Å². The molecule has 14 heteroatoms. The van der Waals surface area contributed by atoms with Gasteiger partial charge in [0.05, 0.1) is 145 Å². The lowest BCUT2D eigenvalue weighted by molar-refractivity contribution is -0.145. The highest BCUT2D eigenvalue weighted by Crippen LogP contribution is 2.11. The van der Waals surface area contributed by atoms with Crippen molar-refractivity contribution in [1.82, 2.24) is 5.32 Å². The molecule has 1 rings (SSSR count). The largest absolute Gasteiger partial charge is 0.463 e. The number of carbonyl (C=O) groups excluding carboxylic acids is 1. The van der Waals surface area contributed by atoms with E-state index < -0.39 is 0 Å². The molecule has 1 aliphatic rings. The van der Waals surface area contributed by atoms with Crippen molar-refractivity contribution in [2.45, 2.75) is 90.1 Å². The fourth-order valence-electron chi connectivity index (χ4n) is 5.18. The standard InChI is InChI=1S/C39H77NO13/c1-2-3-4-5-6-7-8-9-10-11-39(41)53-37-35-51-33-31-49-29-27-47-25-23-45-21-19-43-17-16-42-18-20-44-22-24-46-26-28-48-30-32-50-34-36-52-38-12-14-40-15-13-38/h38,40H,2-37H2,1H3. The molecule has 1 N–H and O–H groups in total. The van der Waals surface area contributed by atoms with Crippen LogP contribution in [0.5, 0.6) is 0 Å². The molecular formula is C39H77NO13. The molecule has 1 saturated heterocycles. The highest BCUT2D eigenvalue weighted by molar-refractivity contribution is 5.69.